The van der Waals surface area contributed by atoms with Gasteiger partial charge in [-0.15, -0.1) is 0 Å². The van der Waals surface area contributed by atoms with E-state index in [0.717, 1.165) is 53.6 Å². The Bertz CT molecular complexity index is 2030. The van der Waals surface area contributed by atoms with Crippen molar-refractivity contribution in [3.8, 4) is 0 Å². The molecule has 3 saturated heterocycles. The Kier molecular flexibility index (Phi) is 16.1. The summed E-state index contributed by atoms with van der Waals surface area (Å²) in [5, 5.41) is 0. The first-order chi connectivity index (χ1) is 30.9. The van der Waals surface area contributed by atoms with Crippen molar-refractivity contribution in [1.29, 1.82) is 0 Å². The Balaban J connectivity index is 1.17. The lowest BCUT2D eigenvalue weighted by molar-refractivity contribution is -0.149. The molecule has 3 aliphatic rings. The summed E-state index contributed by atoms with van der Waals surface area (Å²) in [5.41, 5.74) is 6.51. The molecule has 2 amide bonds. The van der Waals surface area contributed by atoms with Gasteiger partial charge in [0, 0.05) is 31.6 Å². The van der Waals surface area contributed by atoms with Crippen LogP contribution in [0.4, 0.5) is 5.69 Å². The Labute approximate surface area is 386 Å². The quantitative estimate of drug-likeness (QED) is 0.122. The maximum absolute atomic E-state index is 13.8. The van der Waals surface area contributed by atoms with Gasteiger partial charge in [0.15, 0.2) is 11.6 Å². The Morgan fingerprint density at radius 3 is 1.29 bits per heavy atom. The highest BCUT2D eigenvalue weighted by Crippen LogP contribution is 2.47. The molecule has 0 saturated carbocycles. The molecule has 350 valence electrons. The summed E-state index contributed by atoms with van der Waals surface area (Å²) in [6, 6.07) is 24.8. The second-order valence-corrected chi connectivity index (χ2v) is 20.2. The number of esters is 2. The number of ether oxygens (including phenoxy) is 2. The fourth-order valence-electron chi connectivity index (χ4n) is 10.2. The predicted octanol–water partition coefficient (Wildman–Crippen LogP) is 8.94. The van der Waals surface area contributed by atoms with Gasteiger partial charge in [0.2, 0.25) is 11.8 Å². The van der Waals surface area contributed by atoms with Crippen molar-refractivity contribution in [2.45, 2.75) is 142 Å². The second-order valence-electron chi connectivity index (χ2n) is 20.2. The van der Waals surface area contributed by atoms with E-state index in [0.29, 0.717) is 25.9 Å². The highest BCUT2D eigenvalue weighted by Gasteiger charge is 2.41. The highest BCUT2D eigenvalue weighted by molar-refractivity contribution is 5.93. The van der Waals surface area contributed by atoms with E-state index < -0.39 is 35.9 Å². The first-order valence-corrected chi connectivity index (χ1v) is 23.8. The number of nitrogens with zero attached hydrogens (tertiary/aromatic N) is 3. The number of anilines is 1. The predicted molar refractivity (Wildman–Crippen MR) is 252 cm³/mol. The lowest BCUT2D eigenvalue weighted by atomic mass is 9.87. The number of benzene rings is 3. The van der Waals surface area contributed by atoms with Crippen molar-refractivity contribution in [3.63, 3.8) is 0 Å². The van der Waals surface area contributed by atoms with Crippen molar-refractivity contribution in [2.24, 2.45) is 23.7 Å². The SMILES string of the molecule is COC(=O)C[C@H](C(=O)N1CCCC1C(=O)Cc1ccc([C@@H]2CCC(c3ccc(CC(=O)[C@@H]4CCCN4C(=O)[C@@H](CC(=O)OC)C(C)C)cc3)N2c2ccc(C(C)(C)C)cc2)cc1)C(C)C. The van der Waals surface area contributed by atoms with Crippen LogP contribution in [0.1, 0.15) is 140 Å². The fraction of sp³-hybridized carbons (Fsp3) is 0.556. The smallest absolute Gasteiger partial charge is 0.306 e. The summed E-state index contributed by atoms with van der Waals surface area (Å²) >= 11 is 0. The number of methoxy groups -OCH3 is 2. The van der Waals surface area contributed by atoms with Crippen molar-refractivity contribution >= 4 is 41.0 Å². The van der Waals surface area contributed by atoms with Crippen LogP contribution in [0.15, 0.2) is 72.8 Å². The number of carbonyl (C=O) groups excluding carboxylic acids is 6. The van der Waals surface area contributed by atoms with E-state index in [1.54, 1.807) is 9.80 Å². The average molecular weight is 890 g/mol. The van der Waals surface area contributed by atoms with Gasteiger partial charge in [0.05, 0.1) is 63.1 Å². The van der Waals surface area contributed by atoms with Crippen LogP contribution in [0.3, 0.4) is 0 Å². The minimum Gasteiger partial charge on any atom is -0.469 e. The van der Waals surface area contributed by atoms with E-state index in [4.69, 9.17) is 9.47 Å². The second kappa shape index (κ2) is 21.3. The number of hydrogen-bond acceptors (Lipinski definition) is 9. The molecule has 65 heavy (non-hydrogen) atoms. The summed E-state index contributed by atoms with van der Waals surface area (Å²) in [6.07, 6.45) is 5.04. The number of hydrogen-bond donors (Lipinski definition) is 0. The van der Waals surface area contributed by atoms with Crippen molar-refractivity contribution in [1.82, 2.24) is 9.80 Å². The summed E-state index contributed by atoms with van der Waals surface area (Å²) in [7, 11) is 2.65. The van der Waals surface area contributed by atoms with Gasteiger partial charge in [-0.2, -0.15) is 0 Å². The van der Waals surface area contributed by atoms with Crippen LogP contribution in [0.25, 0.3) is 0 Å². The van der Waals surface area contributed by atoms with Gasteiger partial charge in [-0.25, -0.2) is 0 Å². The standard InChI is InChI=1S/C54H71N3O8/c1-34(2)42(32-50(60)64-8)52(62)55-28-10-12-46(55)48(58)30-36-14-18-38(19-15-36)44-26-27-45(57(44)41-24-22-40(23-25-41)54(5,6)7)39-20-16-37(17-21-39)31-49(59)47-13-11-29-56(47)53(63)43(35(3)4)33-51(61)65-9/h14-25,34-35,42-47H,10-13,26-33H2,1-9H3/t42-,43-,44-,45?,46?,47-/m0/s1. The fourth-order valence-corrected chi connectivity index (χ4v) is 10.2. The summed E-state index contributed by atoms with van der Waals surface area (Å²) in [6.45, 7) is 15.4. The van der Waals surface area contributed by atoms with E-state index in [2.05, 4.69) is 74.2 Å². The normalized spacial score (nSPS) is 20.9. The molecule has 0 aliphatic carbocycles. The average Bonchev–Trinajstić information content (AvgIpc) is 4.08. The van der Waals surface area contributed by atoms with E-state index >= 15 is 0 Å². The Morgan fingerprint density at radius 1 is 0.569 bits per heavy atom. The summed E-state index contributed by atoms with van der Waals surface area (Å²) in [5.74, 6) is -2.31. The molecule has 0 radical (unpaired) electrons. The van der Waals surface area contributed by atoms with Gasteiger partial charge in [-0.3, -0.25) is 28.8 Å². The molecule has 3 aromatic rings. The number of carbonyl (C=O) groups is 6. The van der Waals surface area contributed by atoms with Crippen LogP contribution in [0.2, 0.25) is 0 Å². The van der Waals surface area contributed by atoms with E-state index in [1.807, 2.05) is 52.0 Å². The van der Waals surface area contributed by atoms with Gasteiger partial charge in [-0.05, 0) is 95.7 Å². The molecule has 11 heteroatoms. The van der Waals surface area contributed by atoms with E-state index in [9.17, 15) is 28.8 Å². The molecule has 0 spiro atoms. The molecule has 3 aliphatic heterocycles. The highest BCUT2D eigenvalue weighted by atomic mass is 16.5. The van der Waals surface area contributed by atoms with Crippen LogP contribution in [-0.4, -0.2) is 84.5 Å². The van der Waals surface area contributed by atoms with Crippen molar-refractivity contribution in [2.75, 3.05) is 32.2 Å². The Morgan fingerprint density at radius 2 is 0.954 bits per heavy atom. The molecular weight excluding hydrogens is 819 g/mol. The molecule has 11 nitrogen and oxygen atoms in total. The minimum atomic E-state index is -0.531. The van der Waals surface area contributed by atoms with E-state index in [-0.39, 0.29) is 78.4 Å². The molecule has 0 bridgehead atoms. The number of amides is 2. The lowest BCUT2D eigenvalue weighted by Gasteiger charge is -2.34. The monoisotopic (exact) mass is 890 g/mol. The largest absolute Gasteiger partial charge is 0.469 e. The first kappa shape index (κ1) is 49.1. The van der Waals surface area contributed by atoms with E-state index in [1.165, 1.54) is 19.8 Å². The van der Waals surface area contributed by atoms with Crippen LogP contribution in [0.5, 0.6) is 0 Å². The van der Waals surface area contributed by atoms with Crippen LogP contribution in [0, 0.1) is 23.7 Å². The van der Waals surface area contributed by atoms with Gasteiger partial charge >= 0.3 is 11.9 Å². The summed E-state index contributed by atoms with van der Waals surface area (Å²) < 4.78 is 9.74. The molecule has 3 heterocycles. The molecule has 0 aromatic heterocycles. The van der Waals surface area contributed by atoms with Gasteiger partial charge in [0.1, 0.15) is 0 Å². The molecule has 0 N–H and O–H groups in total. The zero-order valence-corrected chi connectivity index (χ0v) is 40.1. The molecule has 3 aromatic carbocycles. The van der Waals surface area contributed by atoms with Crippen LogP contribution in [-0.2, 0) is 56.5 Å². The minimum absolute atomic E-state index is 0.00315. The van der Waals surface area contributed by atoms with Crippen LogP contribution >= 0.6 is 0 Å². The Hall–Kier alpha value is -5.32. The van der Waals surface area contributed by atoms with Gasteiger partial charge in [-0.1, -0.05) is 109 Å². The summed E-state index contributed by atoms with van der Waals surface area (Å²) in [4.78, 5) is 85.1. The van der Waals surface area contributed by atoms with Crippen molar-refractivity contribution < 1.29 is 38.2 Å². The van der Waals surface area contributed by atoms with Crippen molar-refractivity contribution in [3.05, 3.63) is 101 Å². The number of likely N-dealkylation sites (tertiary alicyclic amines) is 2. The molecular formula is C54H71N3O8. The molecule has 2 unspecified atom stereocenters. The molecule has 6 atom stereocenters. The zero-order chi connectivity index (χ0) is 47.2. The maximum Gasteiger partial charge on any atom is 0.306 e. The van der Waals surface area contributed by atoms with Crippen LogP contribution < -0.4 is 4.90 Å². The third-order valence-corrected chi connectivity index (χ3v) is 14.2. The van der Waals surface area contributed by atoms with Gasteiger partial charge in [0.25, 0.3) is 0 Å². The lowest BCUT2D eigenvalue weighted by Crippen LogP contribution is -2.45. The number of rotatable bonds is 17. The maximum atomic E-state index is 13.8. The molecule has 6 rings (SSSR count). The third kappa shape index (κ3) is 11.6. The number of ketones is 2. The topological polar surface area (TPSA) is 131 Å². The zero-order valence-electron chi connectivity index (χ0n) is 40.1. The van der Waals surface area contributed by atoms with Gasteiger partial charge < -0.3 is 24.2 Å². The third-order valence-electron chi connectivity index (χ3n) is 14.2. The number of Topliss-reactive ketones (excluding diaryl/α,β-unsaturated/α-hetero) is 2. The first-order valence-electron chi connectivity index (χ1n) is 23.8. The molecule has 3 fully saturated rings.